The molecule has 2 aromatic carbocycles. The Balaban J connectivity index is 1.56. The molecule has 8 nitrogen and oxygen atoms in total. The van der Waals surface area contributed by atoms with Gasteiger partial charge in [0, 0.05) is 16.8 Å². The lowest BCUT2D eigenvalue weighted by Gasteiger charge is -2.16. The average Bonchev–Trinajstić information content (AvgIpc) is 3.29. The van der Waals surface area contributed by atoms with Crippen molar-refractivity contribution < 1.29 is 4.79 Å². The van der Waals surface area contributed by atoms with Crippen LogP contribution in [-0.2, 0) is 0 Å². The van der Waals surface area contributed by atoms with Crippen molar-refractivity contribution in [1.29, 1.82) is 0 Å². The van der Waals surface area contributed by atoms with Gasteiger partial charge < -0.3 is 5.32 Å². The maximum absolute atomic E-state index is 12.8. The Labute approximate surface area is 183 Å². The number of aromatic nitrogens is 5. The molecule has 0 aliphatic rings. The van der Waals surface area contributed by atoms with Gasteiger partial charge in [-0.1, -0.05) is 23.7 Å². The molecule has 4 rings (SSSR count). The zero-order chi connectivity index (χ0) is 22.0. The van der Waals surface area contributed by atoms with Crippen LogP contribution in [-0.4, -0.2) is 30.5 Å². The molecule has 0 saturated heterocycles. The van der Waals surface area contributed by atoms with Crippen LogP contribution in [0.2, 0.25) is 5.02 Å². The van der Waals surface area contributed by atoms with Crippen LogP contribution in [0.25, 0.3) is 11.4 Å². The van der Waals surface area contributed by atoms with Crippen LogP contribution in [0.5, 0.6) is 0 Å². The number of rotatable bonds is 5. The Morgan fingerprint density at radius 3 is 2.39 bits per heavy atom. The van der Waals surface area contributed by atoms with Crippen LogP contribution in [0.1, 0.15) is 34.7 Å². The van der Waals surface area contributed by atoms with Crippen molar-refractivity contribution >= 4 is 17.5 Å². The number of halogens is 1. The van der Waals surface area contributed by atoms with Crippen molar-refractivity contribution in [1.82, 2.24) is 29.9 Å². The number of carbonyl (C=O) groups excluding carboxylic acids is 1. The summed E-state index contributed by atoms with van der Waals surface area (Å²) in [7, 11) is 0. The lowest BCUT2D eigenvalue weighted by atomic mass is 10.1. The fourth-order valence-electron chi connectivity index (χ4n) is 3.15. The van der Waals surface area contributed by atoms with Gasteiger partial charge in [-0.2, -0.15) is 10.2 Å². The minimum atomic E-state index is -0.541. The number of aryl methyl sites for hydroxylation is 1. The SMILES string of the molecule is Cc1cc(=O)c(C(=O)NC(C)c2ccc(-n3cncn3)cc2)nn1-c1ccc(Cl)cc1. The lowest BCUT2D eigenvalue weighted by molar-refractivity contribution is 0.0932. The molecule has 4 aromatic rings. The van der Waals surface area contributed by atoms with Crippen molar-refractivity contribution in [2.24, 2.45) is 0 Å². The normalized spacial score (nSPS) is 11.8. The maximum Gasteiger partial charge on any atom is 0.276 e. The van der Waals surface area contributed by atoms with Gasteiger partial charge >= 0.3 is 0 Å². The Bertz CT molecular complexity index is 1270. The van der Waals surface area contributed by atoms with Crippen molar-refractivity contribution in [2.75, 3.05) is 0 Å². The van der Waals surface area contributed by atoms with Gasteiger partial charge in [-0.3, -0.25) is 9.59 Å². The molecular weight excluding hydrogens is 416 g/mol. The van der Waals surface area contributed by atoms with E-state index < -0.39 is 11.3 Å². The van der Waals surface area contributed by atoms with E-state index in [1.54, 1.807) is 46.9 Å². The Morgan fingerprint density at radius 1 is 1.06 bits per heavy atom. The Hall–Kier alpha value is -3.78. The third-order valence-corrected chi connectivity index (χ3v) is 5.07. The second kappa shape index (κ2) is 8.53. The van der Waals surface area contributed by atoms with Crippen LogP contribution in [0.3, 0.4) is 0 Å². The monoisotopic (exact) mass is 434 g/mol. The van der Waals surface area contributed by atoms with Gasteiger partial charge in [0.2, 0.25) is 5.43 Å². The minimum absolute atomic E-state index is 0.174. The second-order valence-electron chi connectivity index (χ2n) is 7.01. The topological polar surface area (TPSA) is 94.7 Å². The maximum atomic E-state index is 12.8. The van der Waals surface area contributed by atoms with Gasteiger partial charge in [-0.05, 0) is 55.8 Å². The fourth-order valence-corrected chi connectivity index (χ4v) is 3.28. The van der Waals surface area contributed by atoms with Crippen LogP contribution in [0.15, 0.2) is 72.0 Å². The molecule has 0 saturated carbocycles. The molecule has 2 heterocycles. The zero-order valence-electron chi connectivity index (χ0n) is 16.9. The van der Waals surface area contributed by atoms with E-state index in [1.165, 1.54) is 12.4 Å². The van der Waals surface area contributed by atoms with E-state index in [4.69, 9.17) is 11.6 Å². The van der Waals surface area contributed by atoms with E-state index in [1.807, 2.05) is 31.2 Å². The number of amides is 1. The highest BCUT2D eigenvalue weighted by Gasteiger charge is 2.18. The number of benzene rings is 2. The predicted molar refractivity (Wildman–Crippen MR) is 117 cm³/mol. The molecule has 1 N–H and O–H groups in total. The summed E-state index contributed by atoms with van der Waals surface area (Å²) < 4.78 is 3.19. The first kappa shape index (κ1) is 20.5. The largest absolute Gasteiger partial charge is 0.344 e. The third-order valence-electron chi connectivity index (χ3n) is 4.82. The van der Waals surface area contributed by atoms with E-state index >= 15 is 0 Å². The number of hydrogen-bond acceptors (Lipinski definition) is 5. The fraction of sp³-hybridized carbons (Fsp3) is 0.136. The van der Waals surface area contributed by atoms with Gasteiger partial charge in [-0.15, -0.1) is 0 Å². The number of nitrogens with one attached hydrogen (secondary N) is 1. The summed E-state index contributed by atoms with van der Waals surface area (Å²) in [5.41, 5.74) is 2.43. The zero-order valence-corrected chi connectivity index (χ0v) is 17.6. The highest BCUT2D eigenvalue weighted by atomic mass is 35.5. The second-order valence-corrected chi connectivity index (χ2v) is 7.45. The van der Waals surface area contributed by atoms with Gasteiger partial charge in [0.25, 0.3) is 5.91 Å². The predicted octanol–water partition coefficient (Wildman–Crippen LogP) is 3.27. The molecule has 156 valence electrons. The summed E-state index contributed by atoms with van der Waals surface area (Å²) >= 11 is 5.95. The van der Waals surface area contributed by atoms with Gasteiger partial charge in [0.1, 0.15) is 12.7 Å². The standard InChI is InChI=1S/C22H19ClN6O2/c1-14-11-20(30)21(27-29(14)19-9-5-17(23)6-10-19)22(31)26-15(2)16-3-7-18(8-4-16)28-13-24-12-25-28/h3-13,15H,1-2H3,(H,26,31). The van der Waals surface area contributed by atoms with E-state index in [9.17, 15) is 9.59 Å². The molecule has 31 heavy (non-hydrogen) atoms. The molecule has 0 radical (unpaired) electrons. The van der Waals surface area contributed by atoms with E-state index in [0.717, 1.165) is 11.3 Å². The summed E-state index contributed by atoms with van der Waals surface area (Å²) in [6.45, 7) is 3.60. The molecule has 0 fully saturated rings. The molecule has 2 aromatic heterocycles. The number of nitrogens with zero attached hydrogens (tertiary/aromatic N) is 5. The first-order valence-corrected chi connectivity index (χ1v) is 9.93. The van der Waals surface area contributed by atoms with E-state index in [-0.39, 0.29) is 11.7 Å². The highest BCUT2D eigenvalue weighted by molar-refractivity contribution is 6.30. The summed E-state index contributed by atoms with van der Waals surface area (Å²) in [5, 5.41) is 11.8. The third kappa shape index (κ3) is 4.39. The van der Waals surface area contributed by atoms with Gasteiger partial charge in [-0.25, -0.2) is 14.3 Å². The van der Waals surface area contributed by atoms with Crippen molar-refractivity contribution in [3.63, 3.8) is 0 Å². The molecule has 0 aliphatic heterocycles. The van der Waals surface area contributed by atoms with Crippen molar-refractivity contribution in [2.45, 2.75) is 19.9 Å². The quantitative estimate of drug-likeness (QED) is 0.520. The number of carbonyl (C=O) groups is 1. The van der Waals surface area contributed by atoms with Crippen LogP contribution < -0.4 is 10.7 Å². The molecule has 0 spiro atoms. The molecule has 9 heteroatoms. The van der Waals surface area contributed by atoms with E-state index in [2.05, 4.69) is 20.5 Å². The van der Waals surface area contributed by atoms with Gasteiger partial charge in [0.05, 0.1) is 17.4 Å². The molecular formula is C22H19ClN6O2. The van der Waals surface area contributed by atoms with Crippen LogP contribution >= 0.6 is 11.6 Å². The summed E-state index contributed by atoms with van der Waals surface area (Å²) in [4.78, 5) is 29.2. The summed E-state index contributed by atoms with van der Waals surface area (Å²) in [5.74, 6) is -0.541. The molecule has 1 atom stereocenters. The molecule has 1 unspecified atom stereocenters. The van der Waals surface area contributed by atoms with Crippen LogP contribution in [0, 0.1) is 6.92 Å². The average molecular weight is 435 g/mol. The molecule has 0 bridgehead atoms. The Kier molecular flexibility index (Phi) is 5.64. The first-order valence-electron chi connectivity index (χ1n) is 9.55. The van der Waals surface area contributed by atoms with Crippen LogP contribution in [0.4, 0.5) is 0 Å². The number of hydrogen-bond donors (Lipinski definition) is 1. The van der Waals surface area contributed by atoms with E-state index in [0.29, 0.717) is 16.4 Å². The van der Waals surface area contributed by atoms with Gasteiger partial charge in [0.15, 0.2) is 5.69 Å². The minimum Gasteiger partial charge on any atom is -0.344 e. The first-order chi connectivity index (χ1) is 14.9. The lowest BCUT2D eigenvalue weighted by Crippen LogP contribution is -2.33. The van der Waals surface area contributed by atoms with Crippen molar-refractivity contribution in [3.8, 4) is 11.4 Å². The summed E-state index contributed by atoms with van der Waals surface area (Å²) in [6.07, 6.45) is 3.07. The molecule has 0 aliphatic carbocycles. The molecule has 1 amide bonds. The highest BCUT2D eigenvalue weighted by Crippen LogP contribution is 2.16. The smallest absolute Gasteiger partial charge is 0.276 e. The Morgan fingerprint density at radius 2 is 1.74 bits per heavy atom. The summed E-state index contributed by atoms with van der Waals surface area (Å²) in [6, 6.07) is 15.6. The van der Waals surface area contributed by atoms with Crippen molar-refractivity contribution in [3.05, 3.63) is 99.4 Å².